The van der Waals surface area contributed by atoms with Gasteiger partial charge in [0, 0.05) is 23.3 Å². The van der Waals surface area contributed by atoms with Gasteiger partial charge < -0.3 is 29.9 Å². The van der Waals surface area contributed by atoms with Gasteiger partial charge in [-0.1, -0.05) is 38.8 Å². The third-order valence-electron chi connectivity index (χ3n) is 12.0. The molecule has 2 saturated carbocycles. The summed E-state index contributed by atoms with van der Waals surface area (Å²) in [5.41, 5.74) is -0.0974. The number of phenols is 1. The topological polar surface area (TPSA) is 196 Å². The molecule has 14 nitrogen and oxygen atoms in total. The van der Waals surface area contributed by atoms with E-state index in [0.717, 1.165) is 35.7 Å². The number of amides is 3. The maximum Gasteiger partial charge on any atom is 0.407 e. The number of alkyl carbamates (subject to hydrolysis) is 1. The van der Waals surface area contributed by atoms with E-state index >= 15 is 0 Å². The van der Waals surface area contributed by atoms with Crippen LogP contribution in [0.4, 0.5) is 4.79 Å². The van der Waals surface area contributed by atoms with Crippen LogP contribution in [0.25, 0.3) is 10.9 Å². The number of carbonyl (C=O) groups is 3. The van der Waals surface area contributed by atoms with E-state index in [0.29, 0.717) is 50.0 Å². The van der Waals surface area contributed by atoms with Crippen molar-refractivity contribution in [2.24, 2.45) is 11.8 Å². The third-order valence-corrected chi connectivity index (χ3v) is 14.1. The molecule has 6 unspecified atom stereocenters. The number of hydrogen-bond acceptors (Lipinski definition) is 11. The normalized spacial score (nSPS) is 30.7. The Balaban J connectivity index is 1.22. The average molecular weight is 768 g/mol. The number of hydrogen-bond donors (Lipinski definition) is 5. The van der Waals surface area contributed by atoms with Gasteiger partial charge in [-0.15, -0.1) is 0 Å². The minimum Gasteiger partial charge on any atom is -0.508 e. The maximum absolute atomic E-state index is 14.7. The molecule has 1 saturated heterocycles. The molecule has 0 bridgehead atoms. The van der Waals surface area contributed by atoms with Gasteiger partial charge in [0.2, 0.25) is 15.9 Å². The van der Waals surface area contributed by atoms with Crippen molar-refractivity contribution in [3.8, 4) is 11.5 Å². The lowest BCUT2D eigenvalue weighted by Gasteiger charge is -2.36. The number of nitrogens with zero attached hydrogens (tertiary/aromatic N) is 2. The summed E-state index contributed by atoms with van der Waals surface area (Å²) < 4.78 is 40.0. The quantitative estimate of drug-likeness (QED) is 0.268. The summed E-state index contributed by atoms with van der Waals surface area (Å²) in [4.78, 5) is 47.9. The Morgan fingerprint density at radius 3 is 2.69 bits per heavy atom. The SMILES string of the molecule is Cc1nc2ccc(O)cc2c2c1OC1(CC2)CC2C(O)NC3(C(=O)NS(=O)(=O)C4(C)CC4)CC3C=CCCCCCC(NC(=O)OCC(C)C)C(=O)N2C1. The first-order chi connectivity index (χ1) is 25.6. The number of pyridine rings is 1. The molecule has 2 aromatic rings. The number of aromatic nitrogens is 1. The number of aryl methyl sites for hydroxylation is 2. The maximum atomic E-state index is 14.7. The van der Waals surface area contributed by atoms with Gasteiger partial charge in [-0.3, -0.25) is 19.6 Å². The average Bonchev–Trinajstić information content (AvgIpc) is 4.01. The van der Waals surface area contributed by atoms with Crippen molar-refractivity contribution < 1.29 is 42.5 Å². The first kappa shape index (κ1) is 38.3. The molecule has 6 atom stereocenters. The molecule has 2 aliphatic carbocycles. The lowest BCUT2D eigenvalue weighted by Crippen LogP contribution is -2.60. The van der Waals surface area contributed by atoms with Gasteiger partial charge >= 0.3 is 6.09 Å². The minimum absolute atomic E-state index is 0.0840. The lowest BCUT2D eigenvalue weighted by molar-refractivity contribution is -0.138. The zero-order valence-electron chi connectivity index (χ0n) is 31.5. The van der Waals surface area contributed by atoms with Crippen LogP contribution >= 0.6 is 0 Å². The van der Waals surface area contributed by atoms with Crippen molar-refractivity contribution in [1.82, 2.24) is 25.2 Å². The van der Waals surface area contributed by atoms with Crippen LogP contribution in [0.15, 0.2) is 30.4 Å². The van der Waals surface area contributed by atoms with Crippen LogP contribution in [0.3, 0.4) is 0 Å². The number of aliphatic hydroxyl groups is 1. The molecular formula is C39H53N5O9S. The molecule has 5 N–H and O–H groups in total. The Labute approximate surface area is 316 Å². The van der Waals surface area contributed by atoms with Crippen molar-refractivity contribution in [3.63, 3.8) is 0 Å². The largest absolute Gasteiger partial charge is 0.508 e. The molecule has 7 rings (SSSR count). The summed E-state index contributed by atoms with van der Waals surface area (Å²) in [5.74, 6) is -0.745. The fourth-order valence-corrected chi connectivity index (χ4v) is 9.60. The van der Waals surface area contributed by atoms with Crippen LogP contribution in [0.2, 0.25) is 0 Å². The zero-order valence-corrected chi connectivity index (χ0v) is 32.3. The smallest absolute Gasteiger partial charge is 0.407 e. The standard InChI is InChI=1S/C39H53N5O9S/c1-23(2)21-52-36(49)41-30-11-9-7-5-6-8-10-25-19-39(25,35(48)43-54(50,51)37(4)16-17-37)42-33(46)31-20-38(22-44(31)34(30)47)15-14-27-28-18-26(45)12-13-29(28)40-24(3)32(27)53-38/h8,10,12-13,18,23,25,30-31,33,42,45-46H,5-7,9,11,14-17,19-22H2,1-4H3,(H,41,49)(H,43,48). The van der Waals surface area contributed by atoms with Gasteiger partial charge in [-0.25, -0.2) is 18.2 Å². The molecule has 3 aliphatic heterocycles. The lowest BCUT2D eigenvalue weighted by atomic mass is 9.87. The molecule has 1 aromatic heterocycles. The van der Waals surface area contributed by atoms with Crippen molar-refractivity contribution in [2.75, 3.05) is 13.2 Å². The molecule has 3 fully saturated rings. The van der Waals surface area contributed by atoms with Gasteiger partial charge in [-0.2, -0.15) is 0 Å². The number of rotatable bonds is 6. The summed E-state index contributed by atoms with van der Waals surface area (Å²) in [5, 5.41) is 29.1. The Bertz CT molecular complexity index is 1970. The number of allylic oxidation sites excluding steroid dienone is 1. The summed E-state index contributed by atoms with van der Waals surface area (Å²) in [6.07, 6.45) is 7.45. The number of nitrogens with one attached hydrogen (secondary N) is 3. The van der Waals surface area contributed by atoms with Crippen LogP contribution in [0.1, 0.15) is 96.2 Å². The van der Waals surface area contributed by atoms with Crippen LogP contribution in [-0.4, -0.2) is 93.8 Å². The molecule has 1 spiro atoms. The molecule has 0 radical (unpaired) electrons. The summed E-state index contributed by atoms with van der Waals surface area (Å²) in [7, 11) is -3.96. The molecule has 4 heterocycles. The van der Waals surface area contributed by atoms with Crippen molar-refractivity contribution in [2.45, 2.75) is 133 Å². The predicted molar refractivity (Wildman–Crippen MR) is 200 cm³/mol. The first-order valence-electron chi connectivity index (χ1n) is 19.3. The van der Waals surface area contributed by atoms with Crippen molar-refractivity contribution in [3.05, 3.63) is 41.6 Å². The zero-order chi connectivity index (χ0) is 38.6. The van der Waals surface area contributed by atoms with Crippen molar-refractivity contribution >= 4 is 38.8 Å². The highest BCUT2D eigenvalue weighted by atomic mass is 32.2. The highest BCUT2D eigenvalue weighted by molar-refractivity contribution is 7.91. The molecule has 5 aliphatic rings. The highest BCUT2D eigenvalue weighted by Crippen LogP contribution is 2.49. The van der Waals surface area contributed by atoms with E-state index in [4.69, 9.17) is 14.5 Å². The first-order valence-corrected chi connectivity index (χ1v) is 20.8. The monoisotopic (exact) mass is 767 g/mol. The summed E-state index contributed by atoms with van der Waals surface area (Å²) in [6, 6.07) is 3.16. The van der Waals surface area contributed by atoms with E-state index in [1.807, 2.05) is 32.9 Å². The second-order valence-corrected chi connectivity index (χ2v) is 18.9. The second-order valence-electron chi connectivity index (χ2n) is 16.7. The van der Waals surface area contributed by atoms with Crippen LogP contribution in [0.5, 0.6) is 11.5 Å². The molecule has 1 aromatic carbocycles. The summed E-state index contributed by atoms with van der Waals surface area (Å²) in [6.45, 7) is 7.57. The number of aliphatic hydroxyl groups excluding tert-OH is 1. The fraction of sp³-hybridized carbons (Fsp3) is 0.641. The molecular weight excluding hydrogens is 715 g/mol. The predicted octanol–water partition coefficient (Wildman–Crippen LogP) is 3.85. The Morgan fingerprint density at radius 2 is 1.94 bits per heavy atom. The number of fused-ring (bicyclic) bond motifs is 5. The number of carbonyl (C=O) groups excluding carboxylic acids is 3. The van der Waals surface area contributed by atoms with Crippen LogP contribution < -0.4 is 20.1 Å². The van der Waals surface area contributed by atoms with E-state index in [2.05, 4.69) is 15.4 Å². The number of ether oxygens (including phenoxy) is 2. The Morgan fingerprint density at radius 1 is 1.17 bits per heavy atom. The van der Waals surface area contributed by atoms with Gasteiger partial charge in [0.1, 0.15) is 34.9 Å². The van der Waals surface area contributed by atoms with E-state index in [9.17, 15) is 33.0 Å². The van der Waals surface area contributed by atoms with Gasteiger partial charge in [0.25, 0.3) is 5.91 Å². The van der Waals surface area contributed by atoms with Gasteiger partial charge in [0.05, 0.1) is 35.2 Å². The summed E-state index contributed by atoms with van der Waals surface area (Å²) >= 11 is 0. The van der Waals surface area contributed by atoms with E-state index < -0.39 is 62.1 Å². The van der Waals surface area contributed by atoms with Crippen LogP contribution in [0, 0.1) is 18.8 Å². The van der Waals surface area contributed by atoms with E-state index in [-0.39, 0.29) is 43.6 Å². The van der Waals surface area contributed by atoms with E-state index in [1.165, 1.54) is 0 Å². The van der Waals surface area contributed by atoms with Gasteiger partial charge in [0.15, 0.2) is 0 Å². The van der Waals surface area contributed by atoms with Crippen LogP contribution in [-0.2, 0) is 30.8 Å². The van der Waals surface area contributed by atoms with Gasteiger partial charge in [-0.05, 0) is 89.3 Å². The highest BCUT2D eigenvalue weighted by Gasteiger charge is 2.63. The number of sulfonamides is 1. The molecule has 294 valence electrons. The third kappa shape index (κ3) is 7.38. The Hall–Kier alpha value is -3.95. The van der Waals surface area contributed by atoms with Crippen molar-refractivity contribution in [1.29, 1.82) is 0 Å². The number of benzene rings is 1. The number of aromatic hydroxyl groups is 1. The molecule has 15 heteroatoms. The number of phenolic OH excluding ortho intramolecular Hbond substituents is 1. The Kier molecular flexibility index (Phi) is 10.1. The van der Waals surface area contributed by atoms with E-state index in [1.54, 1.807) is 30.0 Å². The second kappa shape index (κ2) is 14.3. The molecule has 3 amide bonds. The molecule has 54 heavy (non-hydrogen) atoms. The minimum atomic E-state index is -3.96. The fourth-order valence-electron chi connectivity index (χ4n) is 8.29.